The van der Waals surface area contributed by atoms with Crippen molar-refractivity contribution < 1.29 is 4.74 Å². The van der Waals surface area contributed by atoms with Crippen LogP contribution in [-0.2, 0) is 4.74 Å². The molecule has 0 amide bonds. The number of ether oxygens (including phenoxy) is 1. The normalized spacial score (nSPS) is 12.1. The molecular formula is C14H20N2O. The molecule has 0 saturated heterocycles. The summed E-state index contributed by atoms with van der Waals surface area (Å²) >= 11 is 0. The second-order valence-corrected chi connectivity index (χ2v) is 4.12. The van der Waals surface area contributed by atoms with Crippen molar-refractivity contribution in [3.8, 4) is 0 Å². The van der Waals surface area contributed by atoms with Gasteiger partial charge in [0.15, 0.2) is 5.76 Å². The Bertz CT molecular complexity index is 420. The van der Waals surface area contributed by atoms with E-state index in [1.807, 2.05) is 25.2 Å². The van der Waals surface area contributed by atoms with Gasteiger partial charge in [-0.2, -0.15) is 0 Å². The summed E-state index contributed by atoms with van der Waals surface area (Å²) in [4.78, 5) is 0. The van der Waals surface area contributed by atoms with Crippen molar-refractivity contribution >= 4 is 0 Å². The van der Waals surface area contributed by atoms with E-state index >= 15 is 0 Å². The predicted octanol–water partition coefficient (Wildman–Crippen LogP) is 2.42. The Morgan fingerprint density at radius 2 is 2.18 bits per heavy atom. The number of hydrogen-bond donors (Lipinski definition) is 1. The number of nitrogens with zero attached hydrogens (tertiary/aromatic N) is 1. The maximum Gasteiger partial charge on any atom is 0.160 e. The average Bonchev–Trinajstić information content (AvgIpc) is 2.29. The van der Waals surface area contributed by atoms with Crippen molar-refractivity contribution in [1.82, 2.24) is 10.4 Å². The third-order valence-electron chi connectivity index (χ3n) is 2.42. The number of hydrazine groups is 1. The number of rotatable bonds is 5. The van der Waals surface area contributed by atoms with Crippen molar-refractivity contribution in [2.45, 2.75) is 13.0 Å². The van der Waals surface area contributed by atoms with Crippen molar-refractivity contribution in [3.63, 3.8) is 0 Å². The second-order valence-electron chi connectivity index (χ2n) is 4.12. The van der Waals surface area contributed by atoms with E-state index in [0.29, 0.717) is 5.76 Å². The fourth-order valence-electron chi connectivity index (χ4n) is 1.68. The fraction of sp³-hybridized carbons (Fsp3) is 0.357. The van der Waals surface area contributed by atoms with Gasteiger partial charge in [-0.1, -0.05) is 42.1 Å². The first-order valence-electron chi connectivity index (χ1n) is 5.52. The first-order chi connectivity index (χ1) is 8.08. The number of hydrogen-bond acceptors (Lipinski definition) is 3. The molecular weight excluding hydrogens is 212 g/mol. The Morgan fingerprint density at radius 3 is 2.65 bits per heavy atom. The molecule has 0 spiro atoms. The van der Waals surface area contributed by atoms with Crippen LogP contribution in [0.15, 0.2) is 42.3 Å². The highest BCUT2D eigenvalue weighted by molar-refractivity contribution is 5.29. The first kappa shape index (κ1) is 13.5. The molecule has 92 valence electrons. The molecule has 1 N–H and O–H groups in total. The summed E-state index contributed by atoms with van der Waals surface area (Å²) in [5.74, 6) is 0.685. The van der Waals surface area contributed by atoms with Crippen LogP contribution in [0.5, 0.6) is 0 Å². The van der Waals surface area contributed by atoms with Gasteiger partial charge in [0.1, 0.15) is 6.04 Å². The van der Waals surface area contributed by atoms with Crippen LogP contribution in [0.1, 0.15) is 17.2 Å². The van der Waals surface area contributed by atoms with Crippen molar-refractivity contribution in [2.75, 3.05) is 21.2 Å². The van der Waals surface area contributed by atoms with Crippen molar-refractivity contribution in [1.29, 1.82) is 0 Å². The van der Waals surface area contributed by atoms with Crippen LogP contribution in [0.2, 0.25) is 0 Å². The first-order valence-corrected chi connectivity index (χ1v) is 5.52. The average molecular weight is 232 g/mol. The summed E-state index contributed by atoms with van der Waals surface area (Å²) in [5, 5.41) is 1.89. The molecule has 0 aliphatic rings. The van der Waals surface area contributed by atoms with Crippen molar-refractivity contribution in [3.05, 3.63) is 53.5 Å². The van der Waals surface area contributed by atoms with E-state index in [1.165, 1.54) is 5.56 Å². The third kappa shape index (κ3) is 3.75. The molecule has 3 heteroatoms. The van der Waals surface area contributed by atoms with E-state index in [-0.39, 0.29) is 6.04 Å². The summed E-state index contributed by atoms with van der Waals surface area (Å²) in [6.07, 6.45) is 0. The van der Waals surface area contributed by atoms with Crippen LogP contribution in [0.25, 0.3) is 0 Å². The van der Waals surface area contributed by atoms with Gasteiger partial charge in [0, 0.05) is 14.1 Å². The quantitative estimate of drug-likeness (QED) is 0.479. The molecule has 0 aliphatic heterocycles. The lowest BCUT2D eigenvalue weighted by Crippen LogP contribution is -2.35. The molecule has 0 fully saturated rings. The Labute approximate surface area is 103 Å². The molecule has 1 rings (SSSR count). The van der Waals surface area contributed by atoms with Gasteiger partial charge < -0.3 is 4.74 Å². The van der Waals surface area contributed by atoms with Gasteiger partial charge >= 0.3 is 0 Å². The third-order valence-corrected chi connectivity index (χ3v) is 2.42. The van der Waals surface area contributed by atoms with Gasteiger partial charge in [0.25, 0.3) is 0 Å². The van der Waals surface area contributed by atoms with Crippen LogP contribution < -0.4 is 5.43 Å². The largest absolute Gasteiger partial charge is 0.491 e. The Kier molecular flexibility index (Phi) is 4.98. The summed E-state index contributed by atoms with van der Waals surface area (Å²) < 4.78 is 5.31. The number of methoxy groups -OCH3 is 1. The zero-order valence-electron chi connectivity index (χ0n) is 10.9. The van der Waals surface area contributed by atoms with Crippen LogP contribution in [-0.4, -0.2) is 26.2 Å². The van der Waals surface area contributed by atoms with Crippen LogP contribution in [0, 0.1) is 6.92 Å². The van der Waals surface area contributed by atoms with E-state index < -0.39 is 0 Å². The van der Waals surface area contributed by atoms with E-state index in [2.05, 4.69) is 42.9 Å². The van der Waals surface area contributed by atoms with Crippen LogP contribution in [0.3, 0.4) is 0 Å². The van der Waals surface area contributed by atoms with Gasteiger partial charge in [-0.15, -0.1) is 0 Å². The summed E-state index contributed by atoms with van der Waals surface area (Å²) in [5.41, 5.74) is 8.47. The minimum absolute atomic E-state index is 0.0626. The zero-order valence-corrected chi connectivity index (χ0v) is 10.9. The smallest absolute Gasteiger partial charge is 0.160 e. The minimum atomic E-state index is -0.0626. The van der Waals surface area contributed by atoms with E-state index in [4.69, 9.17) is 4.74 Å². The molecule has 1 unspecified atom stereocenters. The molecule has 17 heavy (non-hydrogen) atoms. The molecule has 0 saturated carbocycles. The Hall–Kier alpha value is -1.54. The highest BCUT2D eigenvalue weighted by Crippen LogP contribution is 2.22. The fourth-order valence-corrected chi connectivity index (χ4v) is 1.68. The minimum Gasteiger partial charge on any atom is -0.491 e. The highest BCUT2D eigenvalue weighted by Gasteiger charge is 2.17. The highest BCUT2D eigenvalue weighted by atomic mass is 16.5. The molecule has 1 atom stereocenters. The second kappa shape index (κ2) is 6.26. The van der Waals surface area contributed by atoms with Gasteiger partial charge in [-0.3, -0.25) is 0 Å². The molecule has 1 aromatic carbocycles. The van der Waals surface area contributed by atoms with E-state index in [1.54, 1.807) is 7.11 Å². The summed E-state index contributed by atoms with van der Waals surface area (Å²) in [7, 11) is 5.52. The molecule has 0 bridgehead atoms. The van der Waals surface area contributed by atoms with Crippen LogP contribution >= 0.6 is 0 Å². The molecule has 1 aromatic rings. The standard InChI is InChI=1S/C14H20N2O/c1-6-13(17-5)14(15-16(3)4)12-9-7-8-11(2)10-12/h7-10,14-15H,1H2,2-5H3. The lowest BCUT2D eigenvalue weighted by Gasteiger charge is -2.24. The van der Waals surface area contributed by atoms with Gasteiger partial charge in [0.2, 0.25) is 0 Å². The zero-order chi connectivity index (χ0) is 12.8. The molecule has 0 radical (unpaired) electrons. The summed E-state index contributed by atoms with van der Waals surface area (Å²) in [6.45, 7) is 5.73. The van der Waals surface area contributed by atoms with Crippen LogP contribution in [0.4, 0.5) is 0 Å². The number of benzene rings is 1. The van der Waals surface area contributed by atoms with Gasteiger partial charge in [-0.25, -0.2) is 10.4 Å². The van der Waals surface area contributed by atoms with E-state index in [9.17, 15) is 0 Å². The lowest BCUT2D eigenvalue weighted by atomic mass is 10.0. The molecule has 0 aromatic heterocycles. The molecule has 0 aliphatic carbocycles. The SMILES string of the molecule is C=C=C(OC)C(NN(C)C)c1cccc(C)c1. The molecule has 3 nitrogen and oxygen atoms in total. The molecule has 0 heterocycles. The van der Waals surface area contributed by atoms with Crippen molar-refractivity contribution in [2.24, 2.45) is 0 Å². The summed E-state index contributed by atoms with van der Waals surface area (Å²) in [6, 6.07) is 8.22. The van der Waals surface area contributed by atoms with E-state index in [0.717, 1.165) is 5.56 Å². The Balaban J connectivity index is 3.10. The monoisotopic (exact) mass is 232 g/mol. The lowest BCUT2D eigenvalue weighted by molar-refractivity contribution is 0.190. The predicted molar refractivity (Wildman–Crippen MR) is 70.4 cm³/mol. The number of nitrogens with one attached hydrogen (secondary N) is 1. The maximum absolute atomic E-state index is 5.31. The maximum atomic E-state index is 5.31. The Morgan fingerprint density at radius 1 is 1.47 bits per heavy atom. The van der Waals surface area contributed by atoms with Gasteiger partial charge in [-0.05, 0) is 12.5 Å². The number of aryl methyl sites for hydroxylation is 1. The topological polar surface area (TPSA) is 24.5 Å². The van der Waals surface area contributed by atoms with Gasteiger partial charge in [0.05, 0.1) is 7.11 Å².